The van der Waals surface area contributed by atoms with E-state index in [0.717, 1.165) is 61.3 Å². The number of fused-ring (bicyclic) bond motifs is 1. The monoisotopic (exact) mass is 885 g/mol. The van der Waals surface area contributed by atoms with Gasteiger partial charge in [-0.15, -0.1) is 0 Å². The molecule has 0 aliphatic carbocycles. The molecule has 0 atom stereocenters. The summed E-state index contributed by atoms with van der Waals surface area (Å²) < 4.78 is 63.0. The number of aromatic hydroxyl groups is 1. The Morgan fingerprint density at radius 2 is 1.25 bits per heavy atom. The van der Waals surface area contributed by atoms with E-state index in [0.29, 0.717) is 39.3 Å². The lowest BCUT2D eigenvalue weighted by Crippen LogP contribution is -2.11. The van der Waals surface area contributed by atoms with Gasteiger partial charge in [0.15, 0.2) is 0 Å². The van der Waals surface area contributed by atoms with Crippen LogP contribution in [0.3, 0.4) is 0 Å². The first-order valence-corrected chi connectivity index (χ1v) is 23.0. The van der Waals surface area contributed by atoms with Crippen LogP contribution < -0.4 is 0 Å². The minimum absolute atomic E-state index is 0.00745. The Kier molecular flexibility index (Phi) is 9.77. The third-order valence-corrected chi connectivity index (χ3v) is 12.8. The molecule has 1 N–H and O–H groups in total. The molecule has 9 rings (SSSR count). The molecule has 0 saturated carbocycles. The fourth-order valence-electron chi connectivity index (χ4n) is 8.92. The lowest BCUT2D eigenvalue weighted by molar-refractivity contribution is 0.466. The van der Waals surface area contributed by atoms with E-state index in [4.69, 9.17) is 16.8 Å². The summed E-state index contributed by atoms with van der Waals surface area (Å²) in [6, 6.07) is 41.2. The first-order chi connectivity index (χ1) is 34.6. The number of nitrogens with zero attached hydrogens (tertiary/aromatic N) is 3. The fraction of sp³-hybridized carbons (Fsp3) is 0.238. The average Bonchev–Trinajstić information content (AvgIpc) is 3.74. The SMILES string of the molecule is [2H]c1c([2H])c([2H])c(-c2ccnc(-c3cc(-c4cccc5c4nc(-c4cc(C([2H])(C)C)cc(C([2H])(C)C)c4O)n5-c4cc(C)c(-c5ccc(C(C)(C)C)cc5)cc4-c4ccccc4)cc(C(C)(C)C)c3)c2)c([2H])c1[2H]. The summed E-state index contributed by atoms with van der Waals surface area (Å²) in [4.78, 5) is 10.4. The van der Waals surface area contributed by atoms with E-state index in [1.807, 2.05) is 56.3 Å². The van der Waals surface area contributed by atoms with Crippen molar-refractivity contribution in [3.05, 3.63) is 192 Å². The Bertz CT molecular complexity index is 3640. The third-order valence-electron chi connectivity index (χ3n) is 12.8. The standard InChI is InChI=1S/C63H63N3O/c1-39(2)46-35-52(40(3)4)60(67)55(36-46)61-65-59-51(47-32-48(34-50(33-47)63(9,10)11)56-37-45(29-30-64-56)42-19-14-12-15-20-42)23-18-24-57(59)66(61)58-31-41(5)53(38-54(58)43-21-16-13-17-22-43)44-25-27-49(28-26-44)62(6,7)8/h12-40,67H,1-11H3/i12D,14D,15D,19D,20D,39D,40D. The molecule has 4 heteroatoms. The number of benzene rings is 7. The van der Waals surface area contributed by atoms with E-state index in [2.05, 4.69) is 120 Å². The molecule has 0 fully saturated rings. The number of hydrogen-bond donors (Lipinski definition) is 1. The predicted octanol–water partition coefficient (Wildman–Crippen LogP) is 17.3. The normalized spacial score (nSPS) is 13.9. The molecule has 336 valence electrons. The Balaban J connectivity index is 1.36. The first kappa shape index (κ1) is 37.1. The van der Waals surface area contributed by atoms with Crippen molar-refractivity contribution in [3.63, 3.8) is 0 Å². The van der Waals surface area contributed by atoms with E-state index in [9.17, 15) is 7.85 Å². The summed E-state index contributed by atoms with van der Waals surface area (Å²) in [6.07, 6.45) is 1.60. The summed E-state index contributed by atoms with van der Waals surface area (Å²) >= 11 is 0. The molecule has 2 aromatic heterocycles. The summed E-state index contributed by atoms with van der Waals surface area (Å²) in [5.74, 6) is -1.94. The Hall–Kier alpha value is -7.04. The van der Waals surface area contributed by atoms with Gasteiger partial charge in [0.05, 0.1) is 34.8 Å². The van der Waals surface area contributed by atoms with E-state index >= 15 is 0 Å². The van der Waals surface area contributed by atoms with Gasteiger partial charge in [-0.1, -0.05) is 178 Å². The molecule has 7 aromatic carbocycles. The van der Waals surface area contributed by atoms with Crippen LogP contribution in [0, 0.1) is 6.92 Å². The molecule has 4 nitrogen and oxygen atoms in total. The van der Waals surface area contributed by atoms with Crippen LogP contribution in [0.15, 0.2) is 164 Å². The number of phenols is 1. The molecule has 67 heavy (non-hydrogen) atoms. The number of pyridine rings is 1. The van der Waals surface area contributed by atoms with Gasteiger partial charge in [-0.25, -0.2) is 4.98 Å². The van der Waals surface area contributed by atoms with Crippen molar-refractivity contribution >= 4 is 11.0 Å². The van der Waals surface area contributed by atoms with Crippen molar-refractivity contribution in [3.8, 4) is 78.6 Å². The number of aryl methyl sites for hydroxylation is 1. The van der Waals surface area contributed by atoms with Gasteiger partial charge < -0.3 is 5.11 Å². The molecule has 2 heterocycles. The van der Waals surface area contributed by atoms with Crippen LogP contribution in [0.4, 0.5) is 0 Å². The van der Waals surface area contributed by atoms with Gasteiger partial charge >= 0.3 is 0 Å². The summed E-state index contributed by atoms with van der Waals surface area (Å²) in [5, 5.41) is 12.5. The van der Waals surface area contributed by atoms with Crippen LogP contribution in [0.1, 0.15) is 118 Å². The van der Waals surface area contributed by atoms with Crippen molar-refractivity contribution in [2.75, 3.05) is 0 Å². The predicted molar refractivity (Wildman–Crippen MR) is 283 cm³/mol. The number of aromatic nitrogens is 3. The molecule has 0 saturated heterocycles. The zero-order valence-electron chi connectivity index (χ0n) is 47.5. The Morgan fingerprint density at radius 3 is 1.93 bits per heavy atom. The van der Waals surface area contributed by atoms with Crippen LogP contribution in [-0.4, -0.2) is 19.6 Å². The van der Waals surface area contributed by atoms with E-state index < -0.39 is 29.9 Å². The van der Waals surface area contributed by atoms with E-state index in [-0.39, 0.29) is 34.2 Å². The maximum atomic E-state index is 12.5. The highest BCUT2D eigenvalue weighted by molar-refractivity contribution is 5.98. The van der Waals surface area contributed by atoms with Gasteiger partial charge in [0, 0.05) is 25.6 Å². The zero-order valence-corrected chi connectivity index (χ0v) is 40.5. The minimum atomic E-state index is -1.23. The van der Waals surface area contributed by atoms with Crippen LogP contribution in [0.2, 0.25) is 0 Å². The minimum Gasteiger partial charge on any atom is -0.507 e. The molecule has 0 unspecified atom stereocenters. The van der Waals surface area contributed by atoms with Crippen molar-refractivity contribution in [2.24, 2.45) is 0 Å². The lowest BCUT2D eigenvalue weighted by Gasteiger charge is -2.22. The number of imidazole rings is 1. The largest absolute Gasteiger partial charge is 0.507 e. The van der Waals surface area contributed by atoms with Crippen molar-refractivity contribution in [2.45, 2.75) is 98.8 Å². The van der Waals surface area contributed by atoms with Gasteiger partial charge in [0.25, 0.3) is 0 Å². The second-order valence-electron chi connectivity index (χ2n) is 20.2. The fourth-order valence-corrected chi connectivity index (χ4v) is 8.92. The summed E-state index contributed by atoms with van der Waals surface area (Å²) in [7, 11) is 0. The zero-order chi connectivity index (χ0) is 53.6. The maximum absolute atomic E-state index is 12.5. The molecule has 0 bridgehead atoms. The number of rotatable bonds is 9. The van der Waals surface area contributed by atoms with Gasteiger partial charge in [-0.2, -0.15) is 0 Å². The molecule has 9 aromatic rings. The summed E-state index contributed by atoms with van der Waals surface area (Å²) in [6.45, 7) is 22.3. The van der Waals surface area contributed by atoms with E-state index in [1.54, 1.807) is 38.2 Å². The van der Waals surface area contributed by atoms with Gasteiger partial charge in [0.2, 0.25) is 0 Å². The molecule has 0 aliphatic rings. The highest BCUT2D eigenvalue weighted by atomic mass is 16.3. The maximum Gasteiger partial charge on any atom is 0.149 e. The van der Waals surface area contributed by atoms with Crippen LogP contribution in [-0.2, 0) is 10.8 Å². The van der Waals surface area contributed by atoms with Crippen molar-refractivity contribution in [1.82, 2.24) is 14.5 Å². The van der Waals surface area contributed by atoms with E-state index in [1.165, 1.54) is 5.56 Å². The van der Waals surface area contributed by atoms with Crippen molar-refractivity contribution < 1.29 is 14.7 Å². The van der Waals surface area contributed by atoms with Gasteiger partial charge in [-0.3, -0.25) is 9.55 Å². The Labute approximate surface area is 407 Å². The van der Waals surface area contributed by atoms with Crippen LogP contribution in [0.25, 0.3) is 83.9 Å². The molecular weight excluding hydrogens is 815 g/mol. The number of hydrogen-bond acceptors (Lipinski definition) is 3. The van der Waals surface area contributed by atoms with Crippen LogP contribution in [0.5, 0.6) is 5.75 Å². The van der Waals surface area contributed by atoms with Crippen LogP contribution >= 0.6 is 0 Å². The average molecular weight is 885 g/mol. The molecular formula is C63H63N3O. The quantitative estimate of drug-likeness (QED) is 0.157. The highest BCUT2D eigenvalue weighted by Crippen LogP contribution is 2.45. The van der Waals surface area contributed by atoms with Crippen molar-refractivity contribution in [1.29, 1.82) is 0 Å². The molecule has 0 radical (unpaired) electrons. The second kappa shape index (κ2) is 17.6. The lowest BCUT2D eigenvalue weighted by atomic mass is 9.83. The molecule has 0 spiro atoms. The van der Waals surface area contributed by atoms with Gasteiger partial charge in [-0.05, 0) is 139 Å². The van der Waals surface area contributed by atoms with Gasteiger partial charge in [0.1, 0.15) is 11.6 Å². The number of para-hydroxylation sites is 1. The second-order valence-corrected chi connectivity index (χ2v) is 20.2. The highest BCUT2D eigenvalue weighted by Gasteiger charge is 2.27. The topological polar surface area (TPSA) is 50.9 Å². The molecule has 0 aliphatic heterocycles. The Morgan fingerprint density at radius 1 is 0.567 bits per heavy atom. The first-order valence-electron chi connectivity index (χ1n) is 26.5. The summed E-state index contributed by atoms with van der Waals surface area (Å²) in [5.41, 5.74) is 14.2. The number of phenolic OH excluding ortho intramolecular Hbond substituents is 1. The smallest absolute Gasteiger partial charge is 0.149 e. The third kappa shape index (κ3) is 8.86. The molecule has 0 amide bonds.